The zero-order chi connectivity index (χ0) is 19.3. The van der Waals surface area contributed by atoms with E-state index in [0.29, 0.717) is 13.0 Å². The van der Waals surface area contributed by atoms with Crippen molar-refractivity contribution in [1.29, 1.82) is 0 Å². The van der Waals surface area contributed by atoms with Gasteiger partial charge in [-0.15, -0.1) is 10.2 Å². The van der Waals surface area contributed by atoms with Crippen molar-refractivity contribution in [3.05, 3.63) is 47.7 Å². The van der Waals surface area contributed by atoms with E-state index in [1.54, 1.807) is 7.11 Å². The Balaban J connectivity index is 1.25. The SMILES string of the molecule is COCc1nnc2n1CCC(NC(=O)CCCc1c[nH]c3ccccc13)CC2. The number of carbonyl (C=O) groups is 1. The van der Waals surface area contributed by atoms with Crippen molar-refractivity contribution in [2.24, 2.45) is 0 Å². The van der Waals surface area contributed by atoms with Crippen LogP contribution in [-0.4, -0.2) is 38.8 Å². The van der Waals surface area contributed by atoms with Gasteiger partial charge in [0.1, 0.15) is 12.4 Å². The van der Waals surface area contributed by atoms with Gasteiger partial charge in [0.2, 0.25) is 5.91 Å². The molecule has 28 heavy (non-hydrogen) atoms. The third-order valence-electron chi connectivity index (χ3n) is 5.49. The lowest BCUT2D eigenvalue weighted by atomic mass is 10.1. The van der Waals surface area contributed by atoms with Gasteiger partial charge in [-0.2, -0.15) is 0 Å². The molecule has 1 aliphatic rings. The molecule has 2 N–H and O–H groups in total. The Morgan fingerprint density at radius 2 is 2.21 bits per heavy atom. The van der Waals surface area contributed by atoms with Crippen molar-refractivity contribution < 1.29 is 9.53 Å². The van der Waals surface area contributed by atoms with Crippen LogP contribution >= 0.6 is 0 Å². The largest absolute Gasteiger partial charge is 0.377 e. The number of aromatic amines is 1. The number of H-pyrrole nitrogens is 1. The number of aryl methyl sites for hydroxylation is 2. The molecule has 0 fully saturated rings. The molecule has 0 radical (unpaired) electrons. The molecule has 1 atom stereocenters. The van der Waals surface area contributed by atoms with Gasteiger partial charge in [-0.25, -0.2) is 0 Å². The molecule has 4 rings (SSSR count). The summed E-state index contributed by atoms with van der Waals surface area (Å²) in [4.78, 5) is 15.7. The van der Waals surface area contributed by atoms with Gasteiger partial charge in [-0.1, -0.05) is 18.2 Å². The van der Waals surface area contributed by atoms with Gasteiger partial charge in [0.15, 0.2) is 5.82 Å². The van der Waals surface area contributed by atoms with Crippen LogP contribution in [0.15, 0.2) is 30.5 Å². The van der Waals surface area contributed by atoms with Gasteiger partial charge >= 0.3 is 0 Å². The van der Waals surface area contributed by atoms with Crippen LogP contribution in [0.4, 0.5) is 0 Å². The molecule has 3 aromatic rings. The molecule has 3 heterocycles. The summed E-state index contributed by atoms with van der Waals surface area (Å²) in [6, 6.07) is 8.48. The summed E-state index contributed by atoms with van der Waals surface area (Å²) < 4.78 is 7.32. The Morgan fingerprint density at radius 1 is 1.32 bits per heavy atom. The average Bonchev–Trinajstić information content (AvgIpc) is 3.22. The molecular formula is C21H27N5O2. The Labute approximate surface area is 164 Å². The van der Waals surface area contributed by atoms with Crippen LogP contribution in [0.3, 0.4) is 0 Å². The van der Waals surface area contributed by atoms with E-state index in [2.05, 4.69) is 49.5 Å². The van der Waals surface area contributed by atoms with Crippen molar-refractivity contribution in [1.82, 2.24) is 25.1 Å². The Morgan fingerprint density at radius 3 is 3.11 bits per heavy atom. The summed E-state index contributed by atoms with van der Waals surface area (Å²) in [6.45, 7) is 1.29. The topological polar surface area (TPSA) is 84.8 Å². The van der Waals surface area contributed by atoms with Crippen LogP contribution in [0.2, 0.25) is 0 Å². The van der Waals surface area contributed by atoms with E-state index < -0.39 is 0 Å². The molecule has 0 saturated heterocycles. The minimum atomic E-state index is 0.139. The third kappa shape index (κ3) is 4.09. The summed E-state index contributed by atoms with van der Waals surface area (Å²) in [5, 5.41) is 12.9. The molecule has 2 aromatic heterocycles. The van der Waals surface area contributed by atoms with Gasteiger partial charge in [0.05, 0.1) is 0 Å². The monoisotopic (exact) mass is 381 g/mol. The van der Waals surface area contributed by atoms with Crippen LogP contribution in [0, 0.1) is 0 Å². The highest BCUT2D eigenvalue weighted by Gasteiger charge is 2.21. The van der Waals surface area contributed by atoms with Crippen molar-refractivity contribution in [2.75, 3.05) is 7.11 Å². The second-order valence-electron chi connectivity index (χ2n) is 7.42. The fraction of sp³-hybridized carbons (Fsp3) is 0.476. The van der Waals surface area contributed by atoms with Crippen LogP contribution in [0.5, 0.6) is 0 Å². The normalized spacial score (nSPS) is 16.7. The zero-order valence-corrected chi connectivity index (χ0v) is 16.3. The highest BCUT2D eigenvalue weighted by atomic mass is 16.5. The molecule has 0 bridgehead atoms. The van der Waals surface area contributed by atoms with Crippen LogP contribution in [-0.2, 0) is 35.5 Å². The number of aromatic nitrogens is 4. The second-order valence-corrected chi connectivity index (χ2v) is 7.42. The minimum Gasteiger partial charge on any atom is -0.377 e. The third-order valence-corrected chi connectivity index (χ3v) is 5.49. The molecule has 1 unspecified atom stereocenters. The van der Waals surface area contributed by atoms with Gasteiger partial charge in [0.25, 0.3) is 0 Å². The first-order valence-electron chi connectivity index (χ1n) is 9.99. The number of carbonyl (C=O) groups excluding carboxylic acids is 1. The summed E-state index contributed by atoms with van der Waals surface area (Å²) >= 11 is 0. The van der Waals surface area contributed by atoms with E-state index in [1.807, 2.05) is 6.07 Å². The Bertz CT molecular complexity index is 945. The van der Waals surface area contributed by atoms with Gasteiger partial charge in [-0.3, -0.25) is 4.79 Å². The molecule has 0 saturated carbocycles. The van der Waals surface area contributed by atoms with Crippen LogP contribution < -0.4 is 5.32 Å². The lowest BCUT2D eigenvalue weighted by Crippen LogP contribution is -2.35. The molecule has 1 aromatic carbocycles. The minimum absolute atomic E-state index is 0.139. The first-order chi connectivity index (χ1) is 13.7. The van der Waals surface area contributed by atoms with Gasteiger partial charge in [0, 0.05) is 49.6 Å². The molecule has 7 nitrogen and oxygen atoms in total. The number of hydrogen-bond acceptors (Lipinski definition) is 4. The van der Waals surface area contributed by atoms with E-state index in [-0.39, 0.29) is 11.9 Å². The maximum Gasteiger partial charge on any atom is 0.220 e. The number of benzene rings is 1. The van der Waals surface area contributed by atoms with Crippen molar-refractivity contribution in [3.8, 4) is 0 Å². The van der Waals surface area contributed by atoms with E-state index in [0.717, 1.165) is 55.8 Å². The molecular weight excluding hydrogens is 354 g/mol. The maximum atomic E-state index is 12.4. The fourth-order valence-corrected chi connectivity index (χ4v) is 4.01. The standard InChI is InChI=1S/C21H27N5O2/c1-28-14-20-25-24-19-10-9-16(11-12-26(19)20)23-21(27)8-4-5-15-13-22-18-7-3-2-6-17(15)18/h2-3,6-7,13,16,22H,4-5,8-12,14H2,1H3,(H,23,27). The lowest BCUT2D eigenvalue weighted by Gasteiger charge is -2.16. The highest BCUT2D eigenvalue weighted by molar-refractivity contribution is 5.83. The van der Waals surface area contributed by atoms with Gasteiger partial charge < -0.3 is 19.6 Å². The molecule has 1 aliphatic heterocycles. The number of para-hydroxylation sites is 1. The lowest BCUT2D eigenvalue weighted by molar-refractivity contribution is -0.122. The fourth-order valence-electron chi connectivity index (χ4n) is 4.01. The van der Waals surface area contributed by atoms with Crippen molar-refractivity contribution in [2.45, 2.75) is 57.7 Å². The van der Waals surface area contributed by atoms with Crippen LogP contribution in [0.25, 0.3) is 10.9 Å². The maximum absolute atomic E-state index is 12.4. The van der Waals surface area contributed by atoms with E-state index in [4.69, 9.17) is 4.74 Å². The van der Waals surface area contributed by atoms with Gasteiger partial charge in [-0.05, 0) is 37.3 Å². The van der Waals surface area contributed by atoms with Crippen molar-refractivity contribution >= 4 is 16.8 Å². The molecule has 148 valence electrons. The summed E-state index contributed by atoms with van der Waals surface area (Å²) in [5.41, 5.74) is 2.43. The van der Waals surface area contributed by atoms with E-state index >= 15 is 0 Å². The van der Waals surface area contributed by atoms with E-state index in [1.165, 1.54) is 10.9 Å². The number of nitrogens with zero attached hydrogens (tertiary/aromatic N) is 3. The molecule has 0 aliphatic carbocycles. The zero-order valence-electron chi connectivity index (χ0n) is 16.3. The Kier molecular flexibility index (Phi) is 5.71. The number of rotatable bonds is 7. The second kappa shape index (κ2) is 8.56. The Hall–Kier alpha value is -2.67. The van der Waals surface area contributed by atoms with E-state index in [9.17, 15) is 4.79 Å². The highest BCUT2D eigenvalue weighted by Crippen LogP contribution is 2.20. The number of methoxy groups -OCH3 is 1. The molecule has 7 heteroatoms. The number of amides is 1. The average molecular weight is 381 g/mol. The summed E-state index contributed by atoms with van der Waals surface area (Å²) in [6.07, 6.45) is 7.00. The number of nitrogens with one attached hydrogen (secondary N) is 2. The molecule has 0 spiro atoms. The summed E-state index contributed by atoms with van der Waals surface area (Å²) in [7, 11) is 1.66. The molecule has 1 amide bonds. The quantitative estimate of drug-likeness (QED) is 0.659. The number of fused-ring (bicyclic) bond motifs is 2. The number of hydrogen-bond donors (Lipinski definition) is 2. The number of ether oxygens (including phenoxy) is 1. The first kappa shape index (κ1) is 18.7. The van der Waals surface area contributed by atoms with Crippen LogP contribution in [0.1, 0.15) is 42.9 Å². The van der Waals surface area contributed by atoms with Crippen molar-refractivity contribution in [3.63, 3.8) is 0 Å². The summed E-state index contributed by atoms with van der Waals surface area (Å²) in [5.74, 6) is 1.99. The predicted molar refractivity (Wildman–Crippen MR) is 107 cm³/mol. The predicted octanol–water partition coefficient (Wildman–Crippen LogP) is 2.75. The smallest absolute Gasteiger partial charge is 0.220 e. The first-order valence-corrected chi connectivity index (χ1v) is 9.99.